The van der Waals surface area contributed by atoms with Gasteiger partial charge in [0, 0.05) is 18.4 Å². The molecule has 2 N–H and O–H groups in total. The van der Waals surface area contributed by atoms with E-state index >= 15 is 0 Å². The fourth-order valence-corrected chi connectivity index (χ4v) is 4.90. The number of ether oxygens (including phenoxy) is 1. The molecule has 1 saturated heterocycles. The summed E-state index contributed by atoms with van der Waals surface area (Å²) in [7, 11) is -3.20. The van der Waals surface area contributed by atoms with Crippen LogP contribution in [-0.4, -0.2) is 60.5 Å². The van der Waals surface area contributed by atoms with Crippen molar-refractivity contribution in [1.29, 1.82) is 0 Å². The Morgan fingerprint density at radius 3 is 2.40 bits per heavy atom. The molecule has 1 atom stereocenters. The van der Waals surface area contributed by atoms with Gasteiger partial charge < -0.3 is 4.74 Å². The van der Waals surface area contributed by atoms with Gasteiger partial charge in [0.25, 0.3) is 11.8 Å². The molecule has 3 amide bonds. The molecule has 2 heterocycles. The van der Waals surface area contributed by atoms with E-state index in [1.54, 1.807) is 24.3 Å². The molecule has 3 rings (SSSR count). The molecule has 2 aliphatic heterocycles. The maximum absolute atomic E-state index is 12.4. The largest absolute Gasteiger partial charge is 0.491 e. The monoisotopic (exact) mass is 436 g/mol. The Labute approximate surface area is 174 Å². The van der Waals surface area contributed by atoms with Crippen LogP contribution in [0.5, 0.6) is 5.75 Å². The van der Waals surface area contributed by atoms with Gasteiger partial charge in [-0.2, -0.15) is 5.10 Å². The average molecular weight is 436 g/mol. The summed E-state index contributed by atoms with van der Waals surface area (Å²) in [5.41, 5.74) is 4.97. The normalized spacial score (nSPS) is 20.6. The minimum absolute atomic E-state index is 0.00441. The molecule has 1 aromatic rings. The van der Waals surface area contributed by atoms with Crippen LogP contribution in [-0.2, 0) is 19.4 Å². The Hall–Kier alpha value is -2.95. The Kier molecular flexibility index (Phi) is 6.40. The molecule has 30 heavy (non-hydrogen) atoms. The molecule has 10 nitrogen and oxygen atoms in total. The highest BCUT2D eigenvalue weighted by molar-refractivity contribution is 7.91. The molecule has 1 fully saturated rings. The summed E-state index contributed by atoms with van der Waals surface area (Å²) >= 11 is 0. The molecule has 0 aliphatic carbocycles. The Balaban J connectivity index is 1.59. The number of hydrazine groups is 1. The standard InChI is InChI=1S/C19H24N4O6S/c1-12(2)29-15-5-3-13(4-6-15)18(25)20-21-19(26)16-7-8-17(24)23(22-16)14-9-10-30(27,28)11-14/h3-6,12,14H,7-11H2,1-2H3,(H,20,25)(H,21,26)/t14-/m1/s1. The maximum Gasteiger partial charge on any atom is 0.285 e. The number of hydrogen-bond donors (Lipinski definition) is 2. The Morgan fingerprint density at radius 1 is 1.13 bits per heavy atom. The summed E-state index contributed by atoms with van der Waals surface area (Å²) in [5, 5.41) is 5.15. The van der Waals surface area contributed by atoms with Crippen molar-refractivity contribution < 1.29 is 27.5 Å². The molecule has 0 unspecified atom stereocenters. The van der Waals surface area contributed by atoms with E-state index in [0.29, 0.717) is 17.7 Å². The van der Waals surface area contributed by atoms with Crippen molar-refractivity contribution in [2.75, 3.05) is 11.5 Å². The number of nitrogens with zero attached hydrogens (tertiary/aromatic N) is 2. The van der Waals surface area contributed by atoms with Crippen molar-refractivity contribution in [2.45, 2.75) is 45.3 Å². The van der Waals surface area contributed by atoms with Gasteiger partial charge in [-0.3, -0.25) is 25.2 Å². The predicted octanol–water partition coefficient (Wildman–Crippen LogP) is 0.400. The van der Waals surface area contributed by atoms with Gasteiger partial charge in [0.05, 0.1) is 23.7 Å². The summed E-state index contributed by atoms with van der Waals surface area (Å²) in [4.78, 5) is 36.7. The molecule has 0 aromatic heterocycles. The lowest BCUT2D eigenvalue weighted by Gasteiger charge is -2.27. The Bertz CT molecular complexity index is 971. The second-order valence-corrected chi connectivity index (χ2v) is 9.67. The van der Waals surface area contributed by atoms with Gasteiger partial charge in [-0.15, -0.1) is 0 Å². The first-order chi connectivity index (χ1) is 14.1. The summed E-state index contributed by atoms with van der Waals surface area (Å²) in [6.07, 6.45) is 0.460. The first-order valence-corrected chi connectivity index (χ1v) is 11.4. The third-order valence-corrected chi connectivity index (χ3v) is 6.40. The van der Waals surface area contributed by atoms with Crippen LogP contribution in [0, 0.1) is 0 Å². The number of sulfone groups is 1. The minimum Gasteiger partial charge on any atom is -0.491 e. The SMILES string of the molecule is CC(C)Oc1ccc(C(=O)NNC(=O)C2=NN([C@@H]3CCS(=O)(=O)C3)C(=O)CC2)cc1. The summed E-state index contributed by atoms with van der Waals surface area (Å²) in [6, 6.07) is 5.88. The van der Waals surface area contributed by atoms with Crippen LogP contribution in [0.25, 0.3) is 0 Å². The number of nitrogens with one attached hydrogen (secondary N) is 2. The second-order valence-electron chi connectivity index (χ2n) is 7.44. The summed E-state index contributed by atoms with van der Waals surface area (Å²) in [5.74, 6) is -1.03. The van der Waals surface area contributed by atoms with Crippen LogP contribution >= 0.6 is 0 Å². The van der Waals surface area contributed by atoms with E-state index in [1.165, 1.54) is 0 Å². The molecule has 11 heteroatoms. The highest BCUT2D eigenvalue weighted by Gasteiger charge is 2.37. The van der Waals surface area contributed by atoms with Crippen LogP contribution in [0.2, 0.25) is 0 Å². The van der Waals surface area contributed by atoms with Gasteiger partial charge in [0.1, 0.15) is 11.5 Å². The quantitative estimate of drug-likeness (QED) is 0.642. The van der Waals surface area contributed by atoms with Crippen LogP contribution < -0.4 is 15.6 Å². The van der Waals surface area contributed by atoms with Crippen molar-refractivity contribution in [3.05, 3.63) is 29.8 Å². The van der Waals surface area contributed by atoms with Gasteiger partial charge in [0.15, 0.2) is 9.84 Å². The number of hydrogen-bond acceptors (Lipinski definition) is 7. The molecule has 0 spiro atoms. The van der Waals surface area contributed by atoms with Crippen molar-refractivity contribution in [2.24, 2.45) is 5.10 Å². The van der Waals surface area contributed by atoms with E-state index in [9.17, 15) is 22.8 Å². The average Bonchev–Trinajstić information content (AvgIpc) is 3.06. The maximum atomic E-state index is 12.4. The zero-order valence-electron chi connectivity index (χ0n) is 16.8. The molecule has 1 aromatic carbocycles. The third-order valence-electron chi connectivity index (χ3n) is 4.65. The lowest BCUT2D eigenvalue weighted by Crippen LogP contribution is -2.48. The number of rotatable bonds is 5. The van der Waals surface area contributed by atoms with Crippen LogP contribution in [0.4, 0.5) is 0 Å². The first-order valence-electron chi connectivity index (χ1n) is 9.62. The van der Waals surface area contributed by atoms with E-state index in [-0.39, 0.29) is 42.1 Å². The topological polar surface area (TPSA) is 134 Å². The molecular weight excluding hydrogens is 412 g/mol. The molecule has 162 valence electrons. The van der Waals surface area contributed by atoms with Crippen molar-refractivity contribution >= 4 is 33.3 Å². The lowest BCUT2D eigenvalue weighted by atomic mass is 10.1. The predicted molar refractivity (Wildman–Crippen MR) is 108 cm³/mol. The van der Waals surface area contributed by atoms with Gasteiger partial charge >= 0.3 is 0 Å². The fourth-order valence-electron chi connectivity index (χ4n) is 3.20. The number of amides is 3. The van der Waals surface area contributed by atoms with E-state index in [0.717, 1.165) is 5.01 Å². The number of carbonyl (C=O) groups excluding carboxylic acids is 3. The summed E-state index contributed by atoms with van der Waals surface area (Å²) in [6.45, 7) is 3.79. The van der Waals surface area contributed by atoms with Crippen molar-refractivity contribution in [3.8, 4) is 5.75 Å². The molecule has 0 bridgehead atoms. The van der Waals surface area contributed by atoms with Gasteiger partial charge in [-0.1, -0.05) is 0 Å². The molecular formula is C19H24N4O6S. The zero-order chi connectivity index (χ0) is 21.9. The van der Waals surface area contributed by atoms with Crippen LogP contribution in [0.15, 0.2) is 29.4 Å². The summed E-state index contributed by atoms with van der Waals surface area (Å²) < 4.78 is 28.9. The van der Waals surface area contributed by atoms with Crippen LogP contribution in [0.1, 0.15) is 43.5 Å². The molecule has 0 saturated carbocycles. The van der Waals surface area contributed by atoms with Crippen molar-refractivity contribution in [3.63, 3.8) is 0 Å². The van der Waals surface area contributed by atoms with Crippen molar-refractivity contribution in [1.82, 2.24) is 15.9 Å². The van der Waals surface area contributed by atoms with E-state index in [4.69, 9.17) is 4.74 Å². The van der Waals surface area contributed by atoms with E-state index < -0.39 is 27.7 Å². The number of hydrazone groups is 1. The van der Waals surface area contributed by atoms with E-state index in [2.05, 4.69) is 16.0 Å². The first kappa shape index (κ1) is 21.8. The number of benzene rings is 1. The Morgan fingerprint density at radius 2 is 1.80 bits per heavy atom. The van der Waals surface area contributed by atoms with Crippen LogP contribution in [0.3, 0.4) is 0 Å². The smallest absolute Gasteiger partial charge is 0.285 e. The molecule has 0 radical (unpaired) electrons. The lowest BCUT2D eigenvalue weighted by molar-refractivity contribution is -0.133. The third kappa shape index (κ3) is 5.35. The van der Waals surface area contributed by atoms with Gasteiger partial charge in [-0.05, 0) is 44.5 Å². The minimum atomic E-state index is -3.20. The number of carbonyl (C=O) groups is 3. The second kappa shape index (κ2) is 8.82. The van der Waals surface area contributed by atoms with Gasteiger partial charge in [-0.25, -0.2) is 13.4 Å². The van der Waals surface area contributed by atoms with Gasteiger partial charge in [0.2, 0.25) is 5.91 Å². The zero-order valence-corrected chi connectivity index (χ0v) is 17.6. The highest BCUT2D eigenvalue weighted by atomic mass is 32.2. The molecule has 2 aliphatic rings. The highest BCUT2D eigenvalue weighted by Crippen LogP contribution is 2.22. The fraction of sp³-hybridized carbons (Fsp3) is 0.474. The van der Waals surface area contributed by atoms with E-state index in [1.807, 2.05) is 13.8 Å².